The second kappa shape index (κ2) is 10.2. The standard InChI is InChI=1S/C26H38O2/c1-7-23(27)25-24(28-18-21-12-9-8-10-13-21)14-11-16-26(25,6)17-15-22(19(2)3)20(4)5/h7-10,12-13,23-25,27H,1-2,11,14-18H2,3-6H3/t23?,24-,25-,26+/m1/s1. The average molecular weight is 383 g/mol. The van der Waals surface area contributed by atoms with Crippen LogP contribution in [0.5, 0.6) is 0 Å². The van der Waals surface area contributed by atoms with Gasteiger partial charge in [-0.2, -0.15) is 0 Å². The monoisotopic (exact) mass is 382 g/mol. The largest absolute Gasteiger partial charge is 0.389 e. The molecule has 0 aromatic heterocycles. The van der Waals surface area contributed by atoms with E-state index in [0.29, 0.717) is 6.61 Å². The summed E-state index contributed by atoms with van der Waals surface area (Å²) in [6, 6.07) is 10.3. The van der Waals surface area contributed by atoms with Crippen LogP contribution in [0, 0.1) is 11.3 Å². The molecule has 0 saturated heterocycles. The van der Waals surface area contributed by atoms with Gasteiger partial charge in [0.05, 0.1) is 18.8 Å². The molecule has 1 unspecified atom stereocenters. The van der Waals surface area contributed by atoms with Crippen molar-refractivity contribution in [1.82, 2.24) is 0 Å². The minimum atomic E-state index is -0.550. The van der Waals surface area contributed by atoms with Crippen LogP contribution >= 0.6 is 0 Å². The van der Waals surface area contributed by atoms with E-state index in [2.05, 4.69) is 53.0 Å². The van der Waals surface area contributed by atoms with Crippen LogP contribution in [0.2, 0.25) is 0 Å². The topological polar surface area (TPSA) is 29.5 Å². The molecule has 1 N–H and O–H groups in total. The highest BCUT2D eigenvalue weighted by Crippen LogP contribution is 2.48. The number of ether oxygens (including phenoxy) is 1. The van der Waals surface area contributed by atoms with Crippen LogP contribution < -0.4 is 0 Å². The number of hydrogen-bond acceptors (Lipinski definition) is 2. The summed E-state index contributed by atoms with van der Waals surface area (Å²) in [5, 5.41) is 10.8. The van der Waals surface area contributed by atoms with E-state index >= 15 is 0 Å². The molecule has 1 aliphatic carbocycles. The van der Waals surface area contributed by atoms with Gasteiger partial charge < -0.3 is 9.84 Å². The van der Waals surface area contributed by atoms with Crippen molar-refractivity contribution in [3.05, 3.63) is 71.8 Å². The van der Waals surface area contributed by atoms with Gasteiger partial charge in [-0.25, -0.2) is 0 Å². The van der Waals surface area contributed by atoms with Crippen molar-refractivity contribution in [2.24, 2.45) is 11.3 Å². The molecule has 1 saturated carbocycles. The Morgan fingerprint density at radius 2 is 1.96 bits per heavy atom. The van der Waals surface area contributed by atoms with Gasteiger partial charge in [-0.05, 0) is 63.0 Å². The van der Waals surface area contributed by atoms with Gasteiger partial charge >= 0.3 is 0 Å². The highest BCUT2D eigenvalue weighted by molar-refractivity contribution is 5.30. The Morgan fingerprint density at radius 3 is 2.54 bits per heavy atom. The first kappa shape index (κ1) is 22.6. The summed E-state index contributed by atoms with van der Waals surface area (Å²) in [6.45, 7) is 17.4. The summed E-state index contributed by atoms with van der Waals surface area (Å²) < 4.78 is 6.36. The lowest BCUT2D eigenvalue weighted by Gasteiger charge is -2.48. The SMILES string of the molecule is C=CC(O)[C@@H]1[C@H](OCc2ccccc2)CCC[C@@]1(C)CCC(C(=C)C)=C(C)C. The predicted octanol–water partition coefficient (Wildman–Crippen LogP) is 6.62. The zero-order valence-electron chi connectivity index (χ0n) is 18.2. The third-order valence-electron chi connectivity index (χ3n) is 6.42. The van der Waals surface area contributed by atoms with E-state index in [1.165, 1.54) is 16.7 Å². The number of aliphatic hydroxyl groups excluding tert-OH is 1. The smallest absolute Gasteiger partial charge is 0.0776 e. The lowest BCUT2D eigenvalue weighted by molar-refractivity contribution is -0.110. The molecule has 0 spiro atoms. The minimum Gasteiger partial charge on any atom is -0.389 e. The molecule has 1 aliphatic rings. The zero-order valence-corrected chi connectivity index (χ0v) is 18.2. The third-order valence-corrected chi connectivity index (χ3v) is 6.42. The summed E-state index contributed by atoms with van der Waals surface area (Å²) in [5.74, 6) is 0.0611. The van der Waals surface area contributed by atoms with Crippen molar-refractivity contribution in [3.8, 4) is 0 Å². The van der Waals surface area contributed by atoms with Crippen LogP contribution in [0.4, 0.5) is 0 Å². The predicted molar refractivity (Wildman–Crippen MR) is 119 cm³/mol. The van der Waals surface area contributed by atoms with Crippen molar-refractivity contribution in [2.45, 2.75) is 78.6 Å². The van der Waals surface area contributed by atoms with Crippen LogP contribution in [0.3, 0.4) is 0 Å². The lowest BCUT2D eigenvalue weighted by atomic mass is 9.61. The van der Waals surface area contributed by atoms with Gasteiger partial charge in [0, 0.05) is 5.92 Å². The first-order valence-corrected chi connectivity index (χ1v) is 10.6. The second-order valence-corrected chi connectivity index (χ2v) is 8.89. The minimum absolute atomic E-state index is 0.0172. The summed E-state index contributed by atoms with van der Waals surface area (Å²) >= 11 is 0. The Hall–Kier alpha value is -1.64. The number of allylic oxidation sites excluding steroid dienone is 3. The molecule has 1 aromatic rings. The summed E-state index contributed by atoms with van der Waals surface area (Å²) in [5.41, 5.74) is 5.04. The highest BCUT2D eigenvalue weighted by Gasteiger charge is 2.45. The van der Waals surface area contributed by atoms with E-state index in [1.54, 1.807) is 6.08 Å². The molecule has 4 atom stereocenters. The summed E-state index contributed by atoms with van der Waals surface area (Å²) in [7, 11) is 0. The Balaban J connectivity index is 2.17. The van der Waals surface area contributed by atoms with Crippen LogP contribution in [0.1, 0.15) is 65.4 Å². The summed E-state index contributed by atoms with van der Waals surface area (Å²) in [6.07, 6.45) is 6.45. The molecule has 0 aliphatic heterocycles. The molecule has 0 heterocycles. The number of aliphatic hydroxyl groups is 1. The molecule has 0 amide bonds. The van der Waals surface area contributed by atoms with E-state index in [0.717, 1.165) is 37.7 Å². The van der Waals surface area contributed by atoms with Crippen LogP contribution in [-0.4, -0.2) is 17.3 Å². The molecule has 0 bridgehead atoms. The van der Waals surface area contributed by atoms with Crippen molar-refractivity contribution in [2.75, 3.05) is 0 Å². The molecular weight excluding hydrogens is 344 g/mol. The maximum absolute atomic E-state index is 10.8. The van der Waals surface area contributed by atoms with E-state index in [-0.39, 0.29) is 17.4 Å². The van der Waals surface area contributed by atoms with Crippen LogP contribution in [0.15, 0.2) is 66.3 Å². The van der Waals surface area contributed by atoms with Crippen molar-refractivity contribution >= 4 is 0 Å². The summed E-state index contributed by atoms with van der Waals surface area (Å²) in [4.78, 5) is 0. The number of hydrogen-bond donors (Lipinski definition) is 1. The molecule has 1 fully saturated rings. The van der Waals surface area contributed by atoms with E-state index in [9.17, 15) is 5.11 Å². The Kier molecular flexibility index (Phi) is 8.27. The Morgan fingerprint density at radius 1 is 1.29 bits per heavy atom. The fourth-order valence-corrected chi connectivity index (χ4v) is 4.84. The molecular formula is C26H38O2. The quantitative estimate of drug-likeness (QED) is 0.384. The van der Waals surface area contributed by atoms with Gasteiger partial charge in [-0.15, -0.1) is 6.58 Å². The van der Waals surface area contributed by atoms with Crippen molar-refractivity contribution in [1.29, 1.82) is 0 Å². The van der Waals surface area contributed by atoms with Gasteiger partial charge in [0.25, 0.3) is 0 Å². The highest BCUT2D eigenvalue weighted by atomic mass is 16.5. The maximum atomic E-state index is 10.8. The zero-order chi connectivity index (χ0) is 20.7. The van der Waals surface area contributed by atoms with Crippen molar-refractivity contribution in [3.63, 3.8) is 0 Å². The van der Waals surface area contributed by atoms with E-state index < -0.39 is 6.10 Å². The third kappa shape index (κ3) is 5.68. The Labute approximate surface area is 172 Å². The maximum Gasteiger partial charge on any atom is 0.0776 e. The Bertz CT molecular complexity index is 684. The molecule has 2 rings (SSSR count). The van der Waals surface area contributed by atoms with Crippen LogP contribution in [-0.2, 0) is 11.3 Å². The molecule has 28 heavy (non-hydrogen) atoms. The first-order chi connectivity index (χ1) is 13.3. The fourth-order valence-electron chi connectivity index (χ4n) is 4.84. The van der Waals surface area contributed by atoms with E-state index in [4.69, 9.17) is 4.74 Å². The number of rotatable bonds is 9. The first-order valence-electron chi connectivity index (χ1n) is 10.6. The van der Waals surface area contributed by atoms with Gasteiger partial charge in [0.15, 0.2) is 0 Å². The average Bonchev–Trinajstić information content (AvgIpc) is 2.66. The second-order valence-electron chi connectivity index (χ2n) is 8.89. The molecule has 0 radical (unpaired) electrons. The molecule has 2 nitrogen and oxygen atoms in total. The molecule has 1 aromatic carbocycles. The van der Waals surface area contributed by atoms with Gasteiger partial charge in [-0.1, -0.05) is 67.5 Å². The number of benzene rings is 1. The van der Waals surface area contributed by atoms with Gasteiger partial charge in [0.2, 0.25) is 0 Å². The molecule has 2 heteroatoms. The van der Waals surface area contributed by atoms with E-state index in [1.807, 2.05) is 18.2 Å². The molecule has 154 valence electrons. The lowest BCUT2D eigenvalue weighted by Crippen LogP contribution is -2.47. The fraction of sp³-hybridized carbons (Fsp3) is 0.538. The van der Waals surface area contributed by atoms with Crippen molar-refractivity contribution < 1.29 is 9.84 Å². The van der Waals surface area contributed by atoms with Crippen LogP contribution in [0.25, 0.3) is 0 Å². The van der Waals surface area contributed by atoms with Gasteiger partial charge in [-0.3, -0.25) is 0 Å². The van der Waals surface area contributed by atoms with Gasteiger partial charge in [0.1, 0.15) is 0 Å². The normalized spacial score (nSPS) is 25.8.